The van der Waals surface area contributed by atoms with Gasteiger partial charge in [-0.15, -0.1) is 0 Å². The van der Waals surface area contributed by atoms with Crippen LogP contribution in [0, 0.1) is 0 Å². The molecular weight excluding hydrogens is 250 g/mol. The fourth-order valence-electron chi connectivity index (χ4n) is 2.02. The van der Waals surface area contributed by atoms with Crippen molar-refractivity contribution < 1.29 is 9.53 Å². The topological polar surface area (TPSA) is 58.8 Å². The van der Waals surface area contributed by atoms with Gasteiger partial charge in [0.1, 0.15) is 0 Å². The zero-order chi connectivity index (χ0) is 13.5. The molecule has 0 bridgehead atoms. The molecule has 1 saturated heterocycles. The maximum atomic E-state index is 11.9. The van der Waals surface area contributed by atoms with Gasteiger partial charge in [-0.3, -0.25) is 9.69 Å². The highest BCUT2D eigenvalue weighted by atomic mass is 32.1. The Morgan fingerprint density at radius 1 is 1.50 bits per heavy atom. The largest absolute Gasteiger partial charge is 0.393 e. The molecule has 0 aromatic carbocycles. The highest BCUT2D eigenvalue weighted by Crippen LogP contribution is 2.12. The second-order valence-electron chi connectivity index (χ2n) is 4.74. The van der Waals surface area contributed by atoms with Gasteiger partial charge in [-0.05, 0) is 12.8 Å². The van der Waals surface area contributed by atoms with E-state index < -0.39 is 0 Å². The molecule has 0 atom stereocenters. The lowest BCUT2D eigenvalue weighted by Gasteiger charge is -2.31. The molecule has 0 unspecified atom stereocenters. The standard InChI is InChI=1S/C12H23N3O2S/c1-14(6-5-11(13)18)12(16)9-15-7-3-10(17-2)4-8-15/h10H,3-9H2,1-2H3,(H2,13,18). The molecule has 104 valence electrons. The summed E-state index contributed by atoms with van der Waals surface area (Å²) in [5.41, 5.74) is 5.42. The summed E-state index contributed by atoms with van der Waals surface area (Å²) in [6.45, 7) is 2.92. The number of thiocarbonyl (C=S) groups is 1. The third kappa shape index (κ3) is 5.29. The Hall–Kier alpha value is -0.720. The number of likely N-dealkylation sites (N-methyl/N-ethyl adjacent to an activating group) is 1. The van der Waals surface area contributed by atoms with E-state index in [0.717, 1.165) is 25.9 Å². The molecule has 18 heavy (non-hydrogen) atoms. The van der Waals surface area contributed by atoms with Crippen LogP contribution in [0.2, 0.25) is 0 Å². The van der Waals surface area contributed by atoms with Gasteiger partial charge in [0.15, 0.2) is 0 Å². The summed E-state index contributed by atoms with van der Waals surface area (Å²) >= 11 is 4.80. The van der Waals surface area contributed by atoms with Crippen LogP contribution in [0.15, 0.2) is 0 Å². The molecule has 0 aromatic heterocycles. The van der Waals surface area contributed by atoms with Gasteiger partial charge in [-0.1, -0.05) is 12.2 Å². The Morgan fingerprint density at radius 3 is 2.61 bits per heavy atom. The molecule has 0 aromatic rings. The molecule has 1 heterocycles. The number of piperidine rings is 1. The van der Waals surface area contributed by atoms with Crippen LogP contribution in [0.3, 0.4) is 0 Å². The average Bonchev–Trinajstić information content (AvgIpc) is 2.36. The number of ether oxygens (including phenoxy) is 1. The van der Waals surface area contributed by atoms with Crippen LogP contribution in [-0.2, 0) is 9.53 Å². The van der Waals surface area contributed by atoms with E-state index in [1.54, 1.807) is 19.1 Å². The van der Waals surface area contributed by atoms with E-state index in [2.05, 4.69) is 4.90 Å². The first-order chi connectivity index (χ1) is 8.52. The number of amides is 1. The molecule has 6 heteroatoms. The van der Waals surface area contributed by atoms with Gasteiger partial charge in [-0.2, -0.15) is 0 Å². The third-order valence-corrected chi connectivity index (χ3v) is 3.55. The van der Waals surface area contributed by atoms with Crippen molar-refractivity contribution in [2.24, 2.45) is 5.73 Å². The van der Waals surface area contributed by atoms with Crippen molar-refractivity contribution in [3.63, 3.8) is 0 Å². The average molecular weight is 273 g/mol. The number of carbonyl (C=O) groups excluding carboxylic acids is 1. The number of hydrogen-bond donors (Lipinski definition) is 1. The Morgan fingerprint density at radius 2 is 2.11 bits per heavy atom. The molecule has 0 radical (unpaired) electrons. The molecule has 5 nitrogen and oxygen atoms in total. The smallest absolute Gasteiger partial charge is 0.236 e. The van der Waals surface area contributed by atoms with Crippen LogP contribution in [0.25, 0.3) is 0 Å². The number of methoxy groups -OCH3 is 1. The SMILES string of the molecule is COC1CCN(CC(=O)N(C)CCC(N)=S)CC1. The van der Waals surface area contributed by atoms with Crippen molar-refractivity contribution in [1.29, 1.82) is 0 Å². The molecule has 0 spiro atoms. The van der Waals surface area contributed by atoms with Crippen molar-refractivity contribution in [2.75, 3.05) is 40.3 Å². The fourth-order valence-corrected chi connectivity index (χ4v) is 2.11. The lowest BCUT2D eigenvalue weighted by Crippen LogP contribution is -2.44. The molecule has 1 aliphatic heterocycles. The van der Waals surface area contributed by atoms with E-state index in [1.807, 2.05) is 0 Å². The monoisotopic (exact) mass is 273 g/mol. The molecule has 2 N–H and O–H groups in total. The van der Waals surface area contributed by atoms with Gasteiger partial charge in [0.2, 0.25) is 5.91 Å². The van der Waals surface area contributed by atoms with Gasteiger partial charge < -0.3 is 15.4 Å². The predicted molar refractivity (Wildman–Crippen MR) is 75.5 cm³/mol. The number of carbonyl (C=O) groups is 1. The number of likely N-dealkylation sites (tertiary alicyclic amines) is 1. The summed E-state index contributed by atoms with van der Waals surface area (Å²) in [6, 6.07) is 0. The summed E-state index contributed by atoms with van der Waals surface area (Å²) in [5, 5.41) is 0. The van der Waals surface area contributed by atoms with E-state index in [-0.39, 0.29) is 5.91 Å². The molecule has 1 rings (SSSR count). The van der Waals surface area contributed by atoms with Crippen molar-refractivity contribution in [1.82, 2.24) is 9.80 Å². The van der Waals surface area contributed by atoms with Crippen LogP contribution in [0.1, 0.15) is 19.3 Å². The van der Waals surface area contributed by atoms with E-state index in [9.17, 15) is 4.79 Å². The van der Waals surface area contributed by atoms with Crippen LogP contribution in [0.4, 0.5) is 0 Å². The Labute approximate surface area is 114 Å². The molecule has 1 aliphatic rings. The van der Waals surface area contributed by atoms with Crippen molar-refractivity contribution in [3.05, 3.63) is 0 Å². The van der Waals surface area contributed by atoms with Crippen molar-refractivity contribution >= 4 is 23.1 Å². The molecular formula is C12H23N3O2S. The number of nitrogens with two attached hydrogens (primary N) is 1. The molecule has 1 fully saturated rings. The zero-order valence-corrected chi connectivity index (χ0v) is 12.0. The summed E-state index contributed by atoms with van der Waals surface area (Å²) in [7, 11) is 3.54. The lowest BCUT2D eigenvalue weighted by atomic mass is 10.1. The Bertz CT molecular complexity index is 291. The normalized spacial score (nSPS) is 17.7. The predicted octanol–water partition coefficient (Wildman–Crippen LogP) is 0.232. The van der Waals surface area contributed by atoms with Gasteiger partial charge in [0.05, 0.1) is 17.6 Å². The minimum Gasteiger partial charge on any atom is -0.393 e. The second kappa shape index (κ2) is 7.66. The van der Waals surface area contributed by atoms with E-state index in [1.165, 1.54) is 0 Å². The minimum absolute atomic E-state index is 0.127. The van der Waals surface area contributed by atoms with Crippen LogP contribution in [-0.4, -0.2) is 67.1 Å². The summed E-state index contributed by atoms with van der Waals surface area (Å²) in [5.74, 6) is 0.127. The Balaban J connectivity index is 2.25. The maximum Gasteiger partial charge on any atom is 0.236 e. The van der Waals surface area contributed by atoms with E-state index in [4.69, 9.17) is 22.7 Å². The summed E-state index contributed by atoms with van der Waals surface area (Å²) in [4.78, 5) is 16.3. The third-order valence-electron chi connectivity index (χ3n) is 3.35. The number of hydrogen-bond acceptors (Lipinski definition) is 4. The summed E-state index contributed by atoms with van der Waals surface area (Å²) in [6.07, 6.45) is 2.94. The van der Waals surface area contributed by atoms with Gasteiger partial charge in [0.25, 0.3) is 0 Å². The lowest BCUT2D eigenvalue weighted by molar-refractivity contribution is -0.131. The summed E-state index contributed by atoms with van der Waals surface area (Å²) < 4.78 is 5.31. The first kappa shape index (κ1) is 15.3. The first-order valence-corrected chi connectivity index (χ1v) is 6.71. The van der Waals surface area contributed by atoms with Crippen LogP contribution >= 0.6 is 12.2 Å². The van der Waals surface area contributed by atoms with E-state index >= 15 is 0 Å². The maximum absolute atomic E-state index is 11.9. The number of nitrogens with zero attached hydrogens (tertiary/aromatic N) is 2. The number of rotatable bonds is 6. The van der Waals surface area contributed by atoms with E-state index in [0.29, 0.717) is 30.6 Å². The fraction of sp³-hybridized carbons (Fsp3) is 0.833. The van der Waals surface area contributed by atoms with Gasteiger partial charge in [0, 0.05) is 40.2 Å². The van der Waals surface area contributed by atoms with Crippen LogP contribution < -0.4 is 5.73 Å². The van der Waals surface area contributed by atoms with Crippen molar-refractivity contribution in [2.45, 2.75) is 25.4 Å². The molecule has 0 aliphatic carbocycles. The molecule has 1 amide bonds. The van der Waals surface area contributed by atoms with Gasteiger partial charge in [-0.25, -0.2) is 0 Å². The minimum atomic E-state index is 0.127. The van der Waals surface area contributed by atoms with Gasteiger partial charge >= 0.3 is 0 Å². The highest BCUT2D eigenvalue weighted by Gasteiger charge is 2.21. The molecule has 0 saturated carbocycles. The first-order valence-electron chi connectivity index (χ1n) is 6.30. The Kier molecular flexibility index (Phi) is 6.52. The zero-order valence-electron chi connectivity index (χ0n) is 11.2. The highest BCUT2D eigenvalue weighted by molar-refractivity contribution is 7.80. The van der Waals surface area contributed by atoms with Crippen molar-refractivity contribution in [3.8, 4) is 0 Å². The quantitative estimate of drug-likeness (QED) is 0.702. The van der Waals surface area contributed by atoms with Crippen LogP contribution in [0.5, 0.6) is 0 Å². The second-order valence-corrected chi connectivity index (χ2v) is 5.27.